The van der Waals surface area contributed by atoms with Crippen molar-refractivity contribution in [1.29, 1.82) is 0 Å². The van der Waals surface area contributed by atoms with Crippen molar-refractivity contribution in [2.45, 2.75) is 143 Å². The lowest BCUT2D eigenvalue weighted by Crippen LogP contribution is -2.59. The molecule has 13 heteroatoms. The van der Waals surface area contributed by atoms with Gasteiger partial charge in [0.15, 0.2) is 0 Å². The van der Waals surface area contributed by atoms with E-state index >= 15 is 0 Å². The lowest BCUT2D eigenvalue weighted by atomic mass is 9.89. The van der Waals surface area contributed by atoms with Gasteiger partial charge in [0.05, 0.1) is 56.1 Å². The molecule has 0 bridgehead atoms. The van der Waals surface area contributed by atoms with Gasteiger partial charge in [-0.1, -0.05) is 67.4 Å². The van der Waals surface area contributed by atoms with Gasteiger partial charge in [-0.15, -0.1) is 11.3 Å². The third kappa shape index (κ3) is 14.2. The normalized spacial score (nSPS) is 19.7. The lowest BCUT2D eigenvalue weighted by Gasteiger charge is -2.41. The third-order valence-electron chi connectivity index (χ3n) is 11.7. The largest absolute Gasteiger partial charge is 0.379 e. The summed E-state index contributed by atoms with van der Waals surface area (Å²) >= 11 is 1.70. The second-order valence-electron chi connectivity index (χ2n) is 16.3. The number of thiophene rings is 1. The van der Waals surface area contributed by atoms with Crippen LogP contribution in [0.2, 0.25) is 0 Å². The molecule has 0 aromatic carbocycles. The number of nitrogens with one attached hydrogen (secondary N) is 2. The lowest BCUT2D eigenvalue weighted by molar-refractivity contribution is -0.147. The molecule has 3 amide bonds. The van der Waals surface area contributed by atoms with Crippen molar-refractivity contribution in [3.8, 4) is 0 Å². The number of ether oxygens (including phenoxy) is 3. The minimum absolute atomic E-state index is 0.0162. The van der Waals surface area contributed by atoms with E-state index in [9.17, 15) is 19.2 Å². The van der Waals surface area contributed by atoms with Crippen LogP contribution in [0.3, 0.4) is 0 Å². The maximum absolute atomic E-state index is 14.3. The number of rotatable bonds is 26. The Kier molecular flexibility index (Phi) is 21.6. The van der Waals surface area contributed by atoms with Crippen LogP contribution in [0.5, 0.6) is 0 Å². The van der Waals surface area contributed by atoms with Crippen LogP contribution in [0.25, 0.3) is 0 Å². The highest BCUT2D eigenvalue weighted by Crippen LogP contribution is 2.30. The molecule has 0 spiro atoms. The van der Waals surface area contributed by atoms with Crippen molar-refractivity contribution in [3.63, 3.8) is 0 Å². The van der Waals surface area contributed by atoms with E-state index in [1.54, 1.807) is 44.4 Å². The SMILES string of the molecule is CCC(C)[C@@H](C(=O)N[C@H](C(=O)N(C)[C@@H](C(C)CC)[C@@H](CC(=O)N1CCC[C@H]1[C@H](OC)[C@@H](C)COCNC(CCc1cccs1)C(C)=O)OC)C(C)C)N(C)C. The number of ketones is 1. The monoisotopic (exact) mass is 794 g/mol. The zero-order chi connectivity index (χ0) is 41.4. The Balaban J connectivity index is 2.13. The van der Waals surface area contributed by atoms with Gasteiger partial charge in [-0.3, -0.25) is 29.4 Å². The maximum atomic E-state index is 14.3. The molecular weight excluding hydrogens is 719 g/mol. The molecule has 0 radical (unpaired) electrons. The van der Waals surface area contributed by atoms with E-state index in [2.05, 4.69) is 51.3 Å². The molecule has 2 heterocycles. The Hall–Kier alpha value is -2.42. The number of carbonyl (C=O) groups excluding carboxylic acids is 4. The first-order valence-electron chi connectivity index (χ1n) is 20.5. The van der Waals surface area contributed by atoms with E-state index in [0.717, 1.165) is 32.1 Å². The Morgan fingerprint density at radius 3 is 2.18 bits per heavy atom. The average molecular weight is 794 g/mol. The number of likely N-dealkylation sites (tertiary alicyclic amines) is 1. The Morgan fingerprint density at radius 2 is 1.65 bits per heavy atom. The van der Waals surface area contributed by atoms with Gasteiger partial charge in [0.25, 0.3) is 0 Å². The third-order valence-corrected chi connectivity index (χ3v) is 12.7. The molecule has 316 valence electrons. The van der Waals surface area contributed by atoms with Crippen molar-refractivity contribution in [2.24, 2.45) is 23.7 Å². The summed E-state index contributed by atoms with van der Waals surface area (Å²) in [6.45, 7) is 17.1. The standard InChI is InChI=1S/C42H75N5O7S/c1-14-28(5)38(46(11)42(51)37(27(3)4)44-41(50)39(45(9)10)29(6)15-2)35(52-12)24-36(49)47-22-16-19-34(47)40(53-13)30(7)25-54-26-43-33(31(8)48)21-20-32-18-17-23-55-32/h17-18,23,27-30,33-35,37-40,43H,14-16,19-22,24-26H2,1-13H3,(H,44,50)/t28?,29?,30-,33?,34-,35+,37-,38-,39-,40+/m0/s1. The van der Waals surface area contributed by atoms with E-state index in [1.807, 2.05) is 49.2 Å². The summed E-state index contributed by atoms with van der Waals surface area (Å²) in [5.74, 6) is -0.326. The van der Waals surface area contributed by atoms with Gasteiger partial charge in [-0.05, 0) is 75.9 Å². The summed E-state index contributed by atoms with van der Waals surface area (Å²) in [7, 11) is 8.84. The molecule has 0 aliphatic carbocycles. The van der Waals surface area contributed by atoms with Crippen molar-refractivity contribution in [1.82, 2.24) is 25.3 Å². The minimum atomic E-state index is -0.729. The van der Waals surface area contributed by atoms with Gasteiger partial charge in [0.2, 0.25) is 17.7 Å². The van der Waals surface area contributed by atoms with Crippen LogP contribution < -0.4 is 10.6 Å². The number of hydrogen-bond acceptors (Lipinski definition) is 10. The van der Waals surface area contributed by atoms with E-state index in [-0.39, 0.29) is 84.6 Å². The van der Waals surface area contributed by atoms with Crippen LogP contribution in [0, 0.1) is 23.7 Å². The second kappa shape index (κ2) is 24.4. The second-order valence-corrected chi connectivity index (χ2v) is 17.3. The van der Waals surface area contributed by atoms with E-state index < -0.39 is 18.2 Å². The molecule has 10 atom stereocenters. The van der Waals surface area contributed by atoms with Gasteiger partial charge in [-0.2, -0.15) is 0 Å². The molecule has 1 aromatic rings. The van der Waals surface area contributed by atoms with Gasteiger partial charge < -0.3 is 29.3 Å². The average Bonchev–Trinajstić information content (AvgIpc) is 3.85. The quantitative estimate of drug-likeness (QED) is 0.0957. The van der Waals surface area contributed by atoms with Crippen molar-refractivity contribution < 1.29 is 33.4 Å². The molecule has 1 aromatic heterocycles. The van der Waals surface area contributed by atoms with E-state index in [0.29, 0.717) is 19.6 Å². The number of hydrogen-bond donors (Lipinski definition) is 2. The van der Waals surface area contributed by atoms with Crippen LogP contribution in [-0.2, 0) is 39.8 Å². The molecule has 1 aliphatic rings. The van der Waals surface area contributed by atoms with Crippen LogP contribution in [0.15, 0.2) is 17.5 Å². The predicted molar refractivity (Wildman–Crippen MR) is 221 cm³/mol. The number of methoxy groups -OCH3 is 2. The van der Waals surface area contributed by atoms with Crippen molar-refractivity contribution in [3.05, 3.63) is 22.4 Å². The molecular formula is C42H75N5O7S. The summed E-state index contributed by atoms with van der Waals surface area (Å²) in [6.07, 6.45) is 4.14. The molecule has 1 saturated heterocycles. The fourth-order valence-electron chi connectivity index (χ4n) is 8.12. The zero-order valence-corrected chi connectivity index (χ0v) is 37.1. The highest BCUT2D eigenvalue weighted by Gasteiger charge is 2.42. The number of likely N-dealkylation sites (N-methyl/N-ethyl adjacent to an activating group) is 2. The Bertz CT molecular complexity index is 1300. The molecule has 3 unspecified atom stereocenters. The summed E-state index contributed by atoms with van der Waals surface area (Å²) in [5, 5.41) is 8.40. The molecule has 1 aliphatic heterocycles. The number of amides is 3. The molecule has 12 nitrogen and oxygen atoms in total. The summed E-state index contributed by atoms with van der Waals surface area (Å²) in [5.41, 5.74) is 0. The maximum Gasteiger partial charge on any atom is 0.245 e. The summed E-state index contributed by atoms with van der Waals surface area (Å²) < 4.78 is 18.1. The number of nitrogens with zero attached hydrogens (tertiary/aromatic N) is 3. The molecule has 1 fully saturated rings. The van der Waals surface area contributed by atoms with Crippen LogP contribution >= 0.6 is 11.3 Å². The predicted octanol–water partition coefficient (Wildman–Crippen LogP) is 5.24. The van der Waals surface area contributed by atoms with E-state index in [4.69, 9.17) is 14.2 Å². The van der Waals surface area contributed by atoms with Crippen LogP contribution in [0.4, 0.5) is 0 Å². The van der Waals surface area contributed by atoms with Crippen molar-refractivity contribution in [2.75, 3.05) is 55.2 Å². The first kappa shape index (κ1) is 48.7. The molecule has 2 N–H and O–H groups in total. The Labute approximate surface area is 336 Å². The van der Waals surface area contributed by atoms with Gasteiger partial charge >= 0.3 is 0 Å². The number of aryl methyl sites for hydroxylation is 1. The molecule has 0 saturated carbocycles. The smallest absolute Gasteiger partial charge is 0.245 e. The van der Waals surface area contributed by atoms with Crippen LogP contribution in [0.1, 0.15) is 98.8 Å². The molecule has 2 rings (SSSR count). The van der Waals surface area contributed by atoms with E-state index in [1.165, 1.54) is 4.88 Å². The van der Waals surface area contributed by atoms with Gasteiger partial charge in [-0.25, -0.2) is 0 Å². The summed E-state index contributed by atoms with van der Waals surface area (Å²) in [4.78, 5) is 61.1. The topological polar surface area (TPSA) is 130 Å². The first-order valence-corrected chi connectivity index (χ1v) is 21.3. The molecule has 55 heavy (non-hydrogen) atoms. The number of carbonyl (C=O) groups is 4. The Morgan fingerprint density at radius 1 is 0.982 bits per heavy atom. The van der Waals surface area contributed by atoms with Crippen molar-refractivity contribution >= 4 is 34.8 Å². The first-order chi connectivity index (χ1) is 26.0. The fraction of sp³-hybridized carbons (Fsp3) is 0.810. The highest BCUT2D eigenvalue weighted by atomic mass is 32.1. The van der Waals surface area contributed by atoms with Crippen LogP contribution in [-0.4, -0.2) is 136 Å². The minimum Gasteiger partial charge on any atom is -0.379 e. The zero-order valence-electron chi connectivity index (χ0n) is 36.3. The summed E-state index contributed by atoms with van der Waals surface area (Å²) in [6, 6.07) is 2.22. The fourth-order valence-corrected chi connectivity index (χ4v) is 8.84. The highest BCUT2D eigenvalue weighted by molar-refractivity contribution is 7.09. The number of Topliss-reactive ketones (excluding diaryl/α,β-unsaturated/α-hetero) is 1. The van der Waals surface area contributed by atoms with Gasteiger partial charge in [0, 0.05) is 38.6 Å². The van der Waals surface area contributed by atoms with Gasteiger partial charge in [0.1, 0.15) is 11.8 Å².